The standard InChI is InChI=1S/C41H66NO2P/c1-38(2,3)28-23-24-32-33-26-29(39(4,5)6)27-35(40(7,8)9)36(33)43-45(44-37(34(32)25-28)41(10,11)12)42(30-19-15-13-16-20-30)31-21-17-14-18-22-31/h25-27,30-31,36H,13-24H2,1-12H3/b33-32-,37-34?. The van der Waals surface area contributed by atoms with Gasteiger partial charge in [0.2, 0.25) is 0 Å². The van der Waals surface area contributed by atoms with Crippen LogP contribution in [0.1, 0.15) is 160 Å². The number of hydrogen-bond acceptors (Lipinski definition) is 3. The first-order chi connectivity index (χ1) is 20.9. The van der Waals surface area contributed by atoms with Crippen molar-refractivity contribution >= 4 is 8.53 Å². The van der Waals surface area contributed by atoms with Crippen molar-refractivity contribution in [3.8, 4) is 0 Å². The molecule has 0 N–H and O–H groups in total. The third kappa shape index (κ3) is 7.78. The summed E-state index contributed by atoms with van der Waals surface area (Å²) in [5.74, 6) is 1.14. The zero-order valence-electron chi connectivity index (χ0n) is 31.2. The fraction of sp³-hybridized carbons (Fsp3) is 0.756. The monoisotopic (exact) mass is 635 g/mol. The van der Waals surface area contributed by atoms with Crippen molar-refractivity contribution in [3.63, 3.8) is 0 Å². The van der Waals surface area contributed by atoms with Crippen LogP contribution >= 0.6 is 8.53 Å². The molecule has 0 radical (unpaired) electrons. The Morgan fingerprint density at radius 1 is 0.622 bits per heavy atom. The van der Waals surface area contributed by atoms with E-state index in [2.05, 4.69) is 106 Å². The van der Waals surface area contributed by atoms with E-state index < -0.39 is 8.53 Å². The van der Waals surface area contributed by atoms with Crippen molar-refractivity contribution in [2.75, 3.05) is 0 Å². The summed E-state index contributed by atoms with van der Waals surface area (Å²) in [5.41, 5.74) is 8.56. The molecule has 3 nitrogen and oxygen atoms in total. The SMILES string of the molecule is CC(C)(C)C1=C/C2=C3\CCC(C(C)(C)C)=CC3=C(C(C)(C)C)OP(N(C3CCCCC3)C3CCCCC3)OC2C(C(C)(C)C)=C1. The molecule has 2 atom stereocenters. The van der Waals surface area contributed by atoms with Crippen LogP contribution in [0.5, 0.6) is 0 Å². The lowest BCUT2D eigenvalue weighted by Crippen LogP contribution is -2.44. The maximum absolute atomic E-state index is 7.68. The molecule has 0 bridgehead atoms. The molecule has 0 aromatic rings. The van der Waals surface area contributed by atoms with Crippen molar-refractivity contribution in [2.24, 2.45) is 21.7 Å². The second kappa shape index (κ2) is 13.0. The minimum absolute atomic E-state index is 0.0280. The van der Waals surface area contributed by atoms with Crippen LogP contribution in [0.15, 0.2) is 57.4 Å². The maximum Gasteiger partial charge on any atom is 0.322 e. The van der Waals surface area contributed by atoms with Gasteiger partial charge in [-0.15, -0.1) is 0 Å². The van der Waals surface area contributed by atoms with Crippen molar-refractivity contribution in [2.45, 2.75) is 178 Å². The van der Waals surface area contributed by atoms with Gasteiger partial charge in [-0.1, -0.05) is 145 Å². The summed E-state index contributed by atoms with van der Waals surface area (Å²) in [5, 5.41) is 0. The van der Waals surface area contributed by atoms with Crippen LogP contribution in [0.25, 0.3) is 0 Å². The average Bonchev–Trinajstić information content (AvgIpc) is 2.93. The molecule has 5 aliphatic rings. The van der Waals surface area contributed by atoms with E-state index in [9.17, 15) is 0 Å². The van der Waals surface area contributed by atoms with E-state index in [1.54, 1.807) is 0 Å². The Bertz CT molecular complexity index is 1240. The molecule has 4 aliphatic carbocycles. The van der Waals surface area contributed by atoms with Crippen LogP contribution in [0.4, 0.5) is 0 Å². The van der Waals surface area contributed by atoms with Gasteiger partial charge in [0.25, 0.3) is 0 Å². The Balaban J connectivity index is 1.79. The molecule has 2 saturated carbocycles. The molecular weight excluding hydrogens is 569 g/mol. The van der Waals surface area contributed by atoms with E-state index in [4.69, 9.17) is 9.05 Å². The van der Waals surface area contributed by atoms with Gasteiger partial charge in [-0.3, -0.25) is 4.52 Å². The van der Waals surface area contributed by atoms with Gasteiger partial charge in [-0.25, -0.2) is 4.67 Å². The van der Waals surface area contributed by atoms with Gasteiger partial charge < -0.3 is 4.52 Å². The molecule has 2 unspecified atom stereocenters. The summed E-state index contributed by atoms with van der Waals surface area (Å²) in [6, 6.07) is 1.09. The predicted molar refractivity (Wildman–Crippen MR) is 194 cm³/mol. The van der Waals surface area contributed by atoms with Gasteiger partial charge in [0, 0.05) is 23.1 Å². The fourth-order valence-corrected chi connectivity index (χ4v) is 10.2. The first-order valence-electron chi connectivity index (χ1n) is 18.4. The smallest absolute Gasteiger partial charge is 0.322 e. The van der Waals surface area contributed by atoms with E-state index >= 15 is 0 Å². The molecule has 45 heavy (non-hydrogen) atoms. The molecule has 252 valence electrons. The van der Waals surface area contributed by atoms with Gasteiger partial charge >= 0.3 is 8.53 Å². The van der Waals surface area contributed by atoms with Crippen LogP contribution in [-0.4, -0.2) is 22.9 Å². The lowest BCUT2D eigenvalue weighted by atomic mass is 9.69. The quantitative estimate of drug-likeness (QED) is 0.288. The second-order valence-corrected chi connectivity index (χ2v) is 20.2. The Hall–Kier alpha value is -1.15. The molecule has 1 heterocycles. The van der Waals surface area contributed by atoms with Crippen LogP contribution in [0, 0.1) is 21.7 Å². The molecule has 0 aromatic heterocycles. The summed E-state index contributed by atoms with van der Waals surface area (Å²) in [6.45, 7) is 28.4. The fourth-order valence-electron chi connectivity index (χ4n) is 8.06. The molecule has 0 saturated heterocycles. The van der Waals surface area contributed by atoms with E-state index in [0.717, 1.165) is 18.6 Å². The first kappa shape index (κ1) is 35.2. The molecule has 0 amide bonds. The highest BCUT2D eigenvalue weighted by molar-refractivity contribution is 7.44. The zero-order valence-corrected chi connectivity index (χ0v) is 32.1. The zero-order chi connectivity index (χ0) is 32.9. The predicted octanol–water partition coefficient (Wildman–Crippen LogP) is 12.9. The Labute approximate surface area is 279 Å². The van der Waals surface area contributed by atoms with Crippen molar-refractivity contribution < 1.29 is 9.05 Å². The molecule has 1 aliphatic heterocycles. The Morgan fingerprint density at radius 3 is 1.64 bits per heavy atom. The molecule has 0 aromatic carbocycles. The molecule has 4 heteroatoms. The number of fused-ring (bicyclic) bond motifs is 2. The van der Waals surface area contributed by atoms with Gasteiger partial charge in [-0.2, -0.15) is 0 Å². The first-order valence-corrected chi connectivity index (χ1v) is 19.6. The maximum atomic E-state index is 7.68. The second-order valence-electron chi connectivity index (χ2n) is 18.8. The topological polar surface area (TPSA) is 21.7 Å². The summed E-state index contributed by atoms with van der Waals surface area (Å²) in [6.07, 6.45) is 22.7. The van der Waals surface area contributed by atoms with E-state index in [0.29, 0.717) is 12.1 Å². The largest absolute Gasteiger partial charge is 0.439 e. The van der Waals surface area contributed by atoms with E-state index in [1.165, 1.54) is 97.6 Å². The lowest BCUT2D eigenvalue weighted by molar-refractivity contribution is 0.109. The van der Waals surface area contributed by atoms with Crippen LogP contribution < -0.4 is 0 Å². The highest BCUT2D eigenvalue weighted by Gasteiger charge is 2.46. The summed E-state index contributed by atoms with van der Waals surface area (Å²) in [4.78, 5) is 0. The van der Waals surface area contributed by atoms with Crippen LogP contribution in [0.3, 0.4) is 0 Å². The molecule has 0 spiro atoms. The van der Waals surface area contributed by atoms with Crippen molar-refractivity contribution in [3.05, 3.63) is 57.4 Å². The summed E-state index contributed by atoms with van der Waals surface area (Å²) >= 11 is 0. The number of nitrogens with zero attached hydrogens (tertiary/aromatic N) is 1. The highest BCUT2D eigenvalue weighted by atomic mass is 31.2. The summed E-state index contributed by atoms with van der Waals surface area (Å²) in [7, 11) is -1.32. The molecule has 5 rings (SSSR count). The van der Waals surface area contributed by atoms with E-state index in [1.807, 2.05) is 0 Å². The van der Waals surface area contributed by atoms with Gasteiger partial charge in [-0.05, 0) is 77.1 Å². The Morgan fingerprint density at radius 2 is 1.18 bits per heavy atom. The molecular formula is C41H66NO2P. The summed E-state index contributed by atoms with van der Waals surface area (Å²) < 4.78 is 18.1. The van der Waals surface area contributed by atoms with Gasteiger partial charge in [0.1, 0.15) is 11.9 Å². The number of hydrogen-bond donors (Lipinski definition) is 0. The van der Waals surface area contributed by atoms with Crippen LogP contribution in [-0.2, 0) is 9.05 Å². The minimum Gasteiger partial charge on any atom is -0.439 e. The van der Waals surface area contributed by atoms with Gasteiger partial charge in [0.05, 0.1) is 0 Å². The highest BCUT2D eigenvalue weighted by Crippen LogP contribution is 2.60. The average molecular weight is 636 g/mol. The number of rotatable bonds is 3. The lowest BCUT2D eigenvalue weighted by Gasteiger charge is -2.48. The van der Waals surface area contributed by atoms with E-state index in [-0.39, 0.29) is 27.8 Å². The van der Waals surface area contributed by atoms with Crippen LogP contribution in [0.2, 0.25) is 0 Å². The molecule has 2 fully saturated rings. The third-order valence-corrected chi connectivity index (χ3v) is 12.7. The minimum atomic E-state index is -1.32. The van der Waals surface area contributed by atoms with Gasteiger partial charge in [0.15, 0.2) is 0 Å². The third-order valence-electron chi connectivity index (χ3n) is 10.9. The van der Waals surface area contributed by atoms with Crippen molar-refractivity contribution in [1.29, 1.82) is 0 Å². The Kier molecular flexibility index (Phi) is 10.2. The number of allylic oxidation sites excluding steroid dienone is 7. The normalized spacial score (nSPS) is 28.4. The van der Waals surface area contributed by atoms with Crippen molar-refractivity contribution in [1.82, 2.24) is 4.67 Å².